The van der Waals surface area contributed by atoms with E-state index in [2.05, 4.69) is 15.3 Å². The fourth-order valence-electron chi connectivity index (χ4n) is 3.29. The summed E-state index contributed by atoms with van der Waals surface area (Å²) in [7, 11) is 3.20. The number of nitrogens with one attached hydrogen (secondary N) is 1. The molecule has 0 bridgehead atoms. The summed E-state index contributed by atoms with van der Waals surface area (Å²) in [5.41, 5.74) is 7.55. The largest absolute Gasteiger partial charge is 0.496 e. The topological polar surface area (TPSA) is 109 Å². The van der Waals surface area contributed by atoms with Gasteiger partial charge in [0.2, 0.25) is 0 Å². The standard InChI is InChI=1S/C18H22N6O3/c1-25-12-5-13(26-2)7-14(6-12)27-9-15-16-17(19)21-10-22-18(16)24(23-15)11-3-4-20-8-11/h5-7,10-11,20H,3-4,8-9H2,1-2H3,(H2,19,21,22)/t11-/m0/s1. The molecule has 1 saturated heterocycles. The van der Waals surface area contributed by atoms with Crippen molar-refractivity contribution in [1.29, 1.82) is 0 Å². The van der Waals surface area contributed by atoms with Gasteiger partial charge in [0.15, 0.2) is 5.65 Å². The number of methoxy groups -OCH3 is 2. The number of fused-ring (bicyclic) bond motifs is 1. The van der Waals surface area contributed by atoms with E-state index in [-0.39, 0.29) is 12.6 Å². The number of nitrogens with two attached hydrogens (primary N) is 1. The first-order valence-electron chi connectivity index (χ1n) is 8.73. The highest BCUT2D eigenvalue weighted by Gasteiger charge is 2.24. The first-order chi connectivity index (χ1) is 13.2. The Morgan fingerprint density at radius 1 is 1.15 bits per heavy atom. The van der Waals surface area contributed by atoms with E-state index in [0.29, 0.717) is 28.8 Å². The Hall–Kier alpha value is -3.07. The van der Waals surface area contributed by atoms with Crippen LogP contribution < -0.4 is 25.3 Å². The molecule has 9 nitrogen and oxygen atoms in total. The SMILES string of the molecule is COc1cc(OC)cc(OCc2nn([C@H]3CCNC3)c3ncnc(N)c23)c1. The molecule has 1 fully saturated rings. The van der Waals surface area contributed by atoms with Gasteiger partial charge in [0, 0.05) is 24.7 Å². The van der Waals surface area contributed by atoms with E-state index >= 15 is 0 Å². The van der Waals surface area contributed by atoms with E-state index in [1.54, 1.807) is 32.4 Å². The van der Waals surface area contributed by atoms with E-state index in [1.807, 2.05) is 4.68 Å². The maximum absolute atomic E-state index is 6.11. The third-order valence-electron chi connectivity index (χ3n) is 4.67. The molecule has 0 amide bonds. The van der Waals surface area contributed by atoms with Crippen molar-refractivity contribution in [3.8, 4) is 17.2 Å². The monoisotopic (exact) mass is 370 g/mol. The number of hydrogen-bond acceptors (Lipinski definition) is 8. The minimum atomic E-state index is 0.234. The summed E-state index contributed by atoms with van der Waals surface area (Å²) >= 11 is 0. The predicted molar refractivity (Wildman–Crippen MR) is 100 cm³/mol. The minimum Gasteiger partial charge on any atom is -0.496 e. The fourth-order valence-corrected chi connectivity index (χ4v) is 3.29. The Kier molecular flexibility index (Phi) is 4.68. The van der Waals surface area contributed by atoms with Crippen LogP contribution in [0.3, 0.4) is 0 Å². The van der Waals surface area contributed by atoms with Gasteiger partial charge in [-0.15, -0.1) is 0 Å². The van der Waals surface area contributed by atoms with Gasteiger partial charge < -0.3 is 25.3 Å². The first-order valence-corrected chi connectivity index (χ1v) is 8.73. The van der Waals surface area contributed by atoms with Crippen LogP contribution in [-0.4, -0.2) is 47.1 Å². The molecule has 1 aliphatic rings. The lowest BCUT2D eigenvalue weighted by Crippen LogP contribution is -2.15. The molecule has 0 saturated carbocycles. The lowest BCUT2D eigenvalue weighted by atomic mass is 10.2. The number of ether oxygens (including phenoxy) is 3. The predicted octanol–water partition coefficient (Wildman–Crippen LogP) is 1.54. The number of benzene rings is 1. The first kappa shape index (κ1) is 17.3. The van der Waals surface area contributed by atoms with Gasteiger partial charge in [-0.05, 0) is 13.0 Å². The van der Waals surface area contributed by atoms with Gasteiger partial charge in [0.25, 0.3) is 0 Å². The molecule has 1 aromatic carbocycles. The molecule has 142 valence electrons. The number of nitrogen functional groups attached to an aromatic ring is 1. The minimum absolute atomic E-state index is 0.234. The van der Waals surface area contributed by atoms with Crippen molar-refractivity contribution in [2.45, 2.75) is 19.1 Å². The molecule has 27 heavy (non-hydrogen) atoms. The molecule has 2 aromatic heterocycles. The van der Waals surface area contributed by atoms with Crippen LogP contribution in [0.15, 0.2) is 24.5 Å². The molecule has 0 spiro atoms. The van der Waals surface area contributed by atoms with Crippen molar-refractivity contribution in [2.75, 3.05) is 33.0 Å². The summed E-state index contributed by atoms with van der Waals surface area (Å²) in [4.78, 5) is 8.52. The van der Waals surface area contributed by atoms with E-state index in [0.717, 1.165) is 30.5 Å². The normalized spacial score (nSPS) is 16.6. The number of anilines is 1. The van der Waals surface area contributed by atoms with Crippen molar-refractivity contribution in [3.63, 3.8) is 0 Å². The van der Waals surface area contributed by atoms with Crippen molar-refractivity contribution in [2.24, 2.45) is 0 Å². The van der Waals surface area contributed by atoms with E-state index in [1.165, 1.54) is 6.33 Å². The zero-order valence-corrected chi connectivity index (χ0v) is 15.3. The molecule has 1 aliphatic heterocycles. The highest BCUT2D eigenvalue weighted by molar-refractivity contribution is 5.88. The lowest BCUT2D eigenvalue weighted by molar-refractivity contribution is 0.294. The van der Waals surface area contributed by atoms with Gasteiger partial charge in [-0.3, -0.25) is 0 Å². The van der Waals surface area contributed by atoms with Gasteiger partial charge in [-0.1, -0.05) is 0 Å². The second-order valence-electron chi connectivity index (χ2n) is 6.33. The van der Waals surface area contributed by atoms with E-state index in [4.69, 9.17) is 25.0 Å². The molecule has 1 atom stereocenters. The van der Waals surface area contributed by atoms with Crippen LogP contribution in [0.2, 0.25) is 0 Å². The third-order valence-corrected chi connectivity index (χ3v) is 4.67. The van der Waals surface area contributed by atoms with Crippen LogP contribution in [0.4, 0.5) is 5.82 Å². The van der Waals surface area contributed by atoms with Crippen LogP contribution in [0.5, 0.6) is 17.2 Å². The Bertz CT molecular complexity index is 929. The molecule has 3 aromatic rings. The number of nitrogens with zero attached hydrogens (tertiary/aromatic N) is 4. The molecule has 3 N–H and O–H groups in total. The van der Waals surface area contributed by atoms with Crippen LogP contribution in [-0.2, 0) is 6.61 Å². The van der Waals surface area contributed by atoms with Crippen LogP contribution >= 0.6 is 0 Å². The number of hydrogen-bond donors (Lipinski definition) is 2. The van der Waals surface area contributed by atoms with Crippen molar-refractivity contribution >= 4 is 16.9 Å². The Morgan fingerprint density at radius 3 is 2.56 bits per heavy atom. The summed E-state index contributed by atoms with van der Waals surface area (Å²) in [5, 5.41) is 8.82. The summed E-state index contributed by atoms with van der Waals surface area (Å²) in [6, 6.07) is 5.62. The van der Waals surface area contributed by atoms with Crippen LogP contribution in [0.1, 0.15) is 18.2 Å². The Labute approximate surface area is 156 Å². The maximum Gasteiger partial charge on any atom is 0.164 e. The summed E-state index contributed by atoms with van der Waals surface area (Å²) in [5.74, 6) is 2.32. The van der Waals surface area contributed by atoms with Crippen molar-refractivity contribution in [1.82, 2.24) is 25.1 Å². The van der Waals surface area contributed by atoms with Gasteiger partial charge in [0.1, 0.15) is 41.7 Å². The number of aromatic nitrogens is 4. The average Bonchev–Trinajstić information content (AvgIpc) is 3.34. The molecule has 9 heteroatoms. The molecule has 3 heterocycles. The number of rotatable bonds is 6. The highest BCUT2D eigenvalue weighted by Crippen LogP contribution is 2.30. The summed E-state index contributed by atoms with van der Waals surface area (Å²) < 4.78 is 18.4. The summed E-state index contributed by atoms with van der Waals surface area (Å²) in [6.07, 6.45) is 2.46. The maximum atomic E-state index is 6.11. The van der Waals surface area contributed by atoms with Gasteiger partial charge >= 0.3 is 0 Å². The fraction of sp³-hybridized carbons (Fsp3) is 0.389. The molecular formula is C18H22N6O3. The quantitative estimate of drug-likeness (QED) is 0.672. The second-order valence-corrected chi connectivity index (χ2v) is 6.33. The third kappa shape index (κ3) is 3.33. The molecule has 0 radical (unpaired) electrons. The van der Waals surface area contributed by atoms with Crippen molar-refractivity contribution in [3.05, 3.63) is 30.2 Å². The van der Waals surface area contributed by atoms with E-state index in [9.17, 15) is 0 Å². The summed E-state index contributed by atoms with van der Waals surface area (Å²) in [6.45, 7) is 2.05. The zero-order valence-electron chi connectivity index (χ0n) is 15.3. The van der Waals surface area contributed by atoms with Crippen LogP contribution in [0.25, 0.3) is 11.0 Å². The van der Waals surface area contributed by atoms with Gasteiger partial charge in [-0.2, -0.15) is 5.10 Å². The molecule has 0 aliphatic carbocycles. The molecule has 0 unspecified atom stereocenters. The molecule has 4 rings (SSSR count). The van der Waals surface area contributed by atoms with Crippen molar-refractivity contribution < 1.29 is 14.2 Å². The smallest absolute Gasteiger partial charge is 0.164 e. The average molecular weight is 370 g/mol. The lowest BCUT2D eigenvalue weighted by Gasteiger charge is -2.10. The Balaban J connectivity index is 1.66. The zero-order chi connectivity index (χ0) is 18.8. The second kappa shape index (κ2) is 7.28. The van der Waals surface area contributed by atoms with Gasteiger partial charge in [-0.25, -0.2) is 14.6 Å². The molecular weight excluding hydrogens is 348 g/mol. The van der Waals surface area contributed by atoms with E-state index < -0.39 is 0 Å². The Morgan fingerprint density at radius 2 is 1.89 bits per heavy atom. The highest BCUT2D eigenvalue weighted by atomic mass is 16.5. The van der Waals surface area contributed by atoms with Crippen LogP contribution in [0, 0.1) is 0 Å². The van der Waals surface area contributed by atoms with Gasteiger partial charge in [0.05, 0.1) is 25.6 Å².